The second-order valence-corrected chi connectivity index (χ2v) is 5.53. The standard InChI is InChI=1S/C15H22ClNO/c1-3-18-15(2,13-5-4-10-17-11-13)12-6-8-14(16)9-7-12/h6-9,13,17H,3-5,10-11H2,1-2H3/t13-,15+/m1/s1. The predicted molar refractivity (Wildman–Crippen MR) is 76.0 cm³/mol. The smallest absolute Gasteiger partial charge is 0.0943 e. The minimum atomic E-state index is -0.216. The van der Waals surface area contributed by atoms with Crippen LogP contribution in [-0.4, -0.2) is 19.7 Å². The molecule has 1 heterocycles. The Morgan fingerprint density at radius 1 is 1.39 bits per heavy atom. The van der Waals surface area contributed by atoms with Gasteiger partial charge in [-0.05, 0) is 50.9 Å². The van der Waals surface area contributed by atoms with Crippen molar-refractivity contribution in [1.82, 2.24) is 5.32 Å². The predicted octanol–water partition coefficient (Wildman–Crippen LogP) is 3.59. The quantitative estimate of drug-likeness (QED) is 0.900. The van der Waals surface area contributed by atoms with E-state index in [0.29, 0.717) is 5.92 Å². The van der Waals surface area contributed by atoms with Crippen LogP contribution in [0.4, 0.5) is 0 Å². The van der Waals surface area contributed by atoms with Crippen LogP contribution in [0.5, 0.6) is 0 Å². The van der Waals surface area contributed by atoms with Crippen LogP contribution < -0.4 is 5.32 Å². The molecule has 0 spiro atoms. The van der Waals surface area contributed by atoms with Crippen molar-refractivity contribution in [3.8, 4) is 0 Å². The lowest BCUT2D eigenvalue weighted by Crippen LogP contribution is -2.44. The van der Waals surface area contributed by atoms with E-state index in [1.54, 1.807) is 0 Å². The van der Waals surface area contributed by atoms with E-state index in [1.165, 1.54) is 18.4 Å². The molecule has 3 heteroatoms. The second-order valence-electron chi connectivity index (χ2n) is 5.09. The molecule has 0 aromatic heterocycles. The van der Waals surface area contributed by atoms with Crippen molar-refractivity contribution in [2.75, 3.05) is 19.7 Å². The molecule has 2 nitrogen and oxygen atoms in total. The molecule has 1 saturated heterocycles. The molecule has 2 atom stereocenters. The normalized spacial score (nSPS) is 23.6. The number of hydrogen-bond acceptors (Lipinski definition) is 2. The molecule has 0 amide bonds. The molecule has 1 aromatic rings. The third-order valence-electron chi connectivity index (χ3n) is 3.94. The van der Waals surface area contributed by atoms with Crippen LogP contribution in [0.2, 0.25) is 5.02 Å². The van der Waals surface area contributed by atoms with Gasteiger partial charge in [0.05, 0.1) is 5.60 Å². The summed E-state index contributed by atoms with van der Waals surface area (Å²) in [4.78, 5) is 0. The molecule has 0 saturated carbocycles. The Bertz CT molecular complexity index is 373. The molecule has 1 fully saturated rings. The van der Waals surface area contributed by atoms with Crippen molar-refractivity contribution in [3.05, 3.63) is 34.9 Å². The number of halogens is 1. The molecule has 0 bridgehead atoms. The summed E-state index contributed by atoms with van der Waals surface area (Å²) in [5.74, 6) is 0.521. The van der Waals surface area contributed by atoms with Crippen LogP contribution in [0.25, 0.3) is 0 Å². The van der Waals surface area contributed by atoms with Gasteiger partial charge in [0.2, 0.25) is 0 Å². The largest absolute Gasteiger partial charge is 0.371 e. The van der Waals surface area contributed by atoms with Crippen LogP contribution in [0.1, 0.15) is 32.3 Å². The summed E-state index contributed by atoms with van der Waals surface area (Å²) in [6.07, 6.45) is 2.44. The molecule has 2 rings (SSSR count). The van der Waals surface area contributed by atoms with Crippen molar-refractivity contribution in [2.45, 2.75) is 32.3 Å². The first-order chi connectivity index (χ1) is 8.66. The highest BCUT2D eigenvalue weighted by Crippen LogP contribution is 2.37. The fraction of sp³-hybridized carbons (Fsp3) is 0.600. The lowest BCUT2D eigenvalue weighted by atomic mass is 9.78. The van der Waals surface area contributed by atoms with Gasteiger partial charge in [-0.1, -0.05) is 23.7 Å². The molecule has 100 valence electrons. The van der Waals surface area contributed by atoms with Gasteiger partial charge in [0.25, 0.3) is 0 Å². The molecule has 1 aliphatic rings. The second kappa shape index (κ2) is 6.05. The molecule has 0 aliphatic carbocycles. The SMILES string of the molecule is CCO[C@@](C)(c1ccc(Cl)cc1)[C@@H]1CCCNC1. The summed E-state index contributed by atoms with van der Waals surface area (Å²) in [5, 5.41) is 4.25. The van der Waals surface area contributed by atoms with Crippen LogP contribution in [0.3, 0.4) is 0 Å². The van der Waals surface area contributed by atoms with E-state index in [0.717, 1.165) is 24.7 Å². The fourth-order valence-corrected chi connectivity index (χ4v) is 2.97. The van der Waals surface area contributed by atoms with Crippen molar-refractivity contribution in [1.29, 1.82) is 0 Å². The minimum Gasteiger partial charge on any atom is -0.371 e. The highest BCUT2D eigenvalue weighted by atomic mass is 35.5. The van der Waals surface area contributed by atoms with E-state index in [9.17, 15) is 0 Å². The zero-order valence-electron chi connectivity index (χ0n) is 11.2. The van der Waals surface area contributed by atoms with Crippen molar-refractivity contribution in [3.63, 3.8) is 0 Å². The van der Waals surface area contributed by atoms with E-state index in [4.69, 9.17) is 16.3 Å². The van der Waals surface area contributed by atoms with Crippen LogP contribution in [0.15, 0.2) is 24.3 Å². The van der Waals surface area contributed by atoms with Crippen LogP contribution in [-0.2, 0) is 10.3 Å². The molecular formula is C15H22ClNO. The van der Waals surface area contributed by atoms with Gasteiger partial charge >= 0.3 is 0 Å². The van der Waals surface area contributed by atoms with Crippen molar-refractivity contribution >= 4 is 11.6 Å². The topological polar surface area (TPSA) is 21.3 Å². The Hall–Kier alpha value is -0.570. The number of ether oxygens (including phenoxy) is 1. The summed E-state index contributed by atoms with van der Waals surface area (Å²) in [5.41, 5.74) is 1.01. The maximum atomic E-state index is 6.11. The number of benzene rings is 1. The maximum Gasteiger partial charge on any atom is 0.0943 e. The molecule has 1 aliphatic heterocycles. The third kappa shape index (κ3) is 2.87. The van der Waals surface area contributed by atoms with E-state index in [1.807, 2.05) is 12.1 Å². The molecule has 0 radical (unpaired) electrons. The summed E-state index contributed by atoms with van der Waals surface area (Å²) >= 11 is 5.97. The Morgan fingerprint density at radius 3 is 2.67 bits per heavy atom. The van der Waals surface area contributed by atoms with Gasteiger partial charge in [-0.25, -0.2) is 0 Å². The zero-order valence-corrected chi connectivity index (χ0v) is 12.0. The lowest BCUT2D eigenvalue weighted by Gasteiger charge is -2.40. The monoisotopic (exact) mass is 267 g/mol. The van der Waals surface area contributed by atoms with Gasteiger partial charge in [-0.2, -0.15) is 0 Å². The van der Waals surface area contributed by atoms with Crippen LogP contribution >= 0.6 is 11.6 Å². The Labute approximate surface area is 115 Å². The number of rotatable bonds is 4. The highest BCUT2D eigenvalue weighted by molar-refractivity contribution is 6.30. The third-order valence-corrected chi connectivity index (χ3v) is 4.19. The van der Waals surface area contributed by atoms with Crippen molar-refractivity contribution in [2.24, 2.45) is 5.92 Å². The molecule has 1 aromatic carbocycles. The minimum absolute atomic E-state index is 0.216. The summed E-state index contributed by atoms with van der Waals surface area (Å²) < 4.78 is 6.11. The fourth-order valence-electron chi connectivity index (χ4n) is 2.84. The molecular weight excluding hydrogens is 246 g/mol. The molecule has 18 heavy (non-hydrogen) atoms. The Morgan fingerprint density at radius 2 is 2.11 bits per heavy atom. The van der Waals surface area contributed by atoms with Gasteiger partial charge in [0.1, 0.15) is 0 Å². The Kier molecular flexibility index (Phi) is 4.66. The van der Waals surface area contributed by atoms with E-state index < -0.39 is 0 Å². The van der Waals surface area contributed by atoms with Gasteiger partial charge in [0, 0.05) is 24.1 Å². The summed E-state index contributed by atoms with van der Waals surface area (Å²) in [6, 6.07) is 8.08. The maximum absolute atomic E-state index is 6.11. The van der Waals surface area contributed by atoms with Gasteiger partial charge in [-0.15, -0.1) is 0 Å². The number of piperidine rings is 1. The summed E-state index contributed by atoms with van der Waals surface area (Å²) in [7, 11) is 0. The van der Waals surface area contributed by atoms with E-state index >= 15 is 0 Å². The van der Waals surface area contributed by atoms with E-state index in [2.05, 4.69) is 31.3 Å². The Balaban J connectivity index is 2.26. The highest BCUT2D eigenvalue weighted by Gasteiger charge is 2.37. The van der Waals surface area contributed by atoms with Crippen molar-refractivity contribution < 1.29 is 4.74 Å². The summed E-state index contributed by atoms with van der Waals surface area (Å²) in [6.45, 7) is 7.15. The van der Waals surface area contributed by atoms with E-state index in [-0.39, 0.29) is 5.60 Å². The first kappa shape index (κ1) is 13.9. The first-order valence-corrected chi connectivity index (χ1v) is 7.15. The average molecular weight is 268 g/mol. The zero-order chi connectivity index (χ0) is 13.0. The molecule has 0 unspecified atom stereocenters. The first-order valence-electron chi connectivity index (χ1n) is 6.77. The number of hydrogen-bond donors (Lipinski definition) is 1. The lowest BCUT2D eigenvalue weighted by molar-refractivity contribution is -0.0804. The van der Waals surface area contributed by atoms with Gasteiger partial charge in [-0.3, -0.25) is 0 Å². The molecule has 1 N–H and O–H groups in total. The van der Waals surface area contributed by atoms with Gasteiger partial charge < -0.3 is 10.1 Å². The van der Waals surface area contributed by atoms with Gasteiger partial charge in [0.15, 0.2) is 0 Å². The average Bonchev–Trinajstić information content (AvgIpc) is 2.40. The number of nitrogens with one attached hydrogen (secondary N) is 1. The van der Waals surface area contributed by atoms with Crippen LogP contribution in [0, 0.1) is 5.92 Å².